The van der Waals surface area contributed by atoms with Gasteiger partial charge in [-0.3, -0.25) is 4.79 Å². The van der Waals surface area contributed by atoms with E-state index >= 15 is 0 Å². The van der Waals surface area contributed by atoms with Crippen LogP contribution in [0, 0.1) is 36.9 Å². The van der Waals surface area contributed by atoms with Gasteiger partial charge in [0.25, 0.3) is 0 Å². The van der Waals surface area contributed by atoms with Crippen LogP contribution in [0.4, 0.5) is 4.39 Å². The Hall–Kier alpha value is -3.40. The minimum Gasteiger partial charge on any atom is -0.496 e. The monoisotopic (exact) mass is 412 g/mol. The van der Waals surface area contributed by atoms with Gasteiger partial charge in [-0.25, -0.2) is 9.18 Å². The second-order valence-electron chi connectivity index (χ2n) is 7.34. The topological polar surface area (TPSA) is 81.3 Å². The highest BCUT2D eigenvalue weighted by atomic mass is 19.1. The molecule has 0 fully saturated rings. The van der Waals surface area contributed by atoms with E-state index in [0.717, 1.165) is 35.6 Å². The molecule has 0 N–H and O–H groups in total. The summed E-state index contributed by atoms with van der Waals surface area (Å²) in [4.78, 5) is 24.7. The van der Waals surface area contributed by atoms with Crippen molar-refractivity contribution in [3.05, 3.63) is 58.2 Å². The third-order valence-corrected chi connectivity index (χ3v) is 4.60. The van der Waals surface area contributed by atoms with Crippen molar-refractivity contribution in [3.8, 4) is 11.8 Å². The van der Waals surface area contributed by atoms with Crippen molar-refractivity contribution in [2.75, 3.05) is 13.7 Å². The summed E-state index contributed by atoms with van der Waals surface area (Å²) in [5.41, 5.74) is 2.43. The van der Waals surface area contributed by atoms with Gasteiger partial charge >= 0.3 is 5.97 Å². The number of hydrogen-bond donors (Lipinski definition) is 0. The Morgan fingerprint density at radius 1 is 1.27 bits per heavy atom. The van der Waals surface area contributed by atoms with Crippen LogP contribution in [0.3, 0.4) is 0 Å². The van der Waals surface area contributed by atoms with Gasteiger partial charge in [-0.05, 0) is 55.7 Å². The van der Waals surface area contributed by atoms with Crippen molar-refractivity contribution in [2.45, 2.75) is 34.2 Å². The van der Waals surface area contributed by atoms with Crippen LogP contribution in [0.15, 0.2) is 29.8 Å². The molecule has 0 aliphatic rings. The Morgan fingerprint density at radius 2 is 1.97 bits per heavy atom. The number of nitrogens with zero attached hydrogens (tertiary/aromatic N) is 2. The van der Waals surface area contributed by atoms with Crippen LogP contribution in [0.1, 0.15) is 41.2 Å². The Kier molecular flexibility index (Phi) is 7.54. The molecule has 0 radical (unpaired) electrons. The third-order valence-electron chi connectivity index (χ3n) is 4.60. The lowest BCUT2D eigenvalue weighted by Crippen LogP contribution is -2.16. The largest absolute Gasteiger partial charge is 0.496 e. The summed E-state index contributed by atoms with van der Waals surface area (Å²) in [7, 11) is 1.35. The fourth-order valence-corrected chi connectivity index (χ4v) is 3.10. The number of aryl methyl sites for hydroxylation is 1. The molecule has 2 aromatic rings. The van der Waals surface area contributed by atoms with Gasteiger partial charge in [-0.1, -0.05) is 13.8 Å². The van der Waals surface area contributed by atoms with Gasteiger partial charge in [-0.2, -0.15) is 5.26 Å². The van der Waals surface area contributed by atoms with Crippen molar-refractivity contribution < 1.29 is 23.5 Å². The van der Waals surface area contributed by atoms with E-state index in [1.165, 1.54) is 19.3 Å². The zero-order valence-electron chi connectivity index (χ0n) is 17.8. The van der Waals surface area contributed by atoms with Crippen molar-refractivity contribution >= 4 is 17.8 Å². The fourth-order valence-electron chi connectivity index (χ4n) is 3.10. The number of halogens is 1. The van der Waals surface area contributed by atoms with Gasteiger partial charge in [0.2, 0.25) is 5.78 Å². The summed E-state index contributed by atoms with van der Waals surface area (Å²) in [5, 5.41) is 9.39. The molecule has 0 aliphatic heterocycles. The Balaban J connectivity index is 2.17. The van der Waals surface area contributed by atoms with Crippen LogP contribution in [-0.4, -0.2) is 30.0 Å². The van der Waals surface area contributed by atoms with Crippen molar-refractivity contribution in [3.63, 3.8) is 0 Å². The van der Waals surface area contributed by atoms with Crippen LogP contribution in [0.25, 0.3) is 6.08 Å². The van der Waals surface area contributed by atoms with E-state index in [-0.39, 0.29) is 16.9 Å². The number of esters is 1. The molecule has 2 rings (SSSR count). The maximum atomic E-state index is 13.4. The first-order valence-electron chi connectivity index (χ1n) is 9.50. The first-order chi connectivity index (χ1) is 14.2. The number of nitriles is 1. The van der Waals surface area contributed by atoms with Gasteiger partial charge in [0.15, 0.2) is 6.61 Å². The Labute approximate surface area is 175 Å². The quantitative estimate of drug-likeness (QED) is 0.280. The van der Waals surface area contributed by atoms with Gasteiger partial charge in [0, 0.05) is 17.9 Å². The van der Waals surface area contributed by atoms with Gasteiger partial charge in [0.05, 0.1) is 12.7 Å². The molecule has 0 amide bonds. The number of Topliss-reactive ketones (excluding diaryl/α,β-unsaturated/α-hetero) is 1. The maximum absolute atomic E-state index is 13.4. The predicted octanol–water partition coefficient (Wildman–Crippen LogP) is 4.24. The van der Waals surface area contributed by atoms with E-state index < -0.39 is 24.2 Å². The van der Waals surface area contributed by atoms with Gasteiger partial charge in [0.1, 0.15) is 23.2 Å². The summed E-state index contributed by atoms with van der Waals surface area (Å²) >= 11 is 0. The molecule has 30 heavy (non-hydrogen) atoms. The molecule has 1 heterocycles. The number of carbonyl (C=O) groups excluding carboxylic acids is 2. The smallest absolute Gasteiger partial charge is 0.349 e. The van der Waals surface area contributed by atoms with Crippen LogP contribution < -0.4 is 4.74 Å². The Bertz CT molecular complexity index is 1030. The number of rotatable bonds is 8. The molecule has 158 valence electrons. The molecule has 0 saturated carbocycles. The summed E-state index contributed by atoms with van der Waals surface area (Å²) in [6.45, 7) is 8.28. The number of methoxy groups -OCH3 is 1. The molecular formula is C23H25FN2O4. The molecule has 6 nitrogen and oxygen atoms in total. The average Bonchev–Trinajstić information content (AvgIpc) is 2.96. The highest BCUT2D eigenvalue weighted by Gasteiger charge is 2.19. The third kappa shape index (κ3) is 5.35. The highest BCUT2D eigenvalue weighted by molar-refractivity contribution is 6.03. The van der Waals surface area contributed by atoms with E-state index in [4.69, 9.17) is 9.47 Å². The lowest BCUT2D eigenvalue weighted by molar-refractivity contribution is -0.137. The first kappa shape index (κ1) is 22.9. The molecule has 0 atom stereocenters. The van der Waals surface area contributed by atoms with Crippen molar-refractivity contribution in [2.24, 2.45) is 5.92 Å². The van der Waals surface area contributed by atoms with Gasteiger partial charge in [-0.15, -0.1) is 0 Å². The minimum absolute atomic E-state index is 0.0370. The molecule has 1 aromatic carbocycles. The number of benzene rings is 1. The number of hydrogen-bond acceptors (Lipinski definition) is 5. The van der Waals surface area contributed by atoms with Crippen LogP contribution >= 0.6 is 0 Å². The van der Waals surface area contributed by atoms with E-state index in [0.29, 0.717) is 5.92 Å². The summed E-state index contributed by atoms with van der Waals surface area (Å²) < 4.78 is 25.6. The molecule has 0 bridgehead atoms. The van der Waals surface area contributed by atoms with E-state index in [1.54, 1.807) is 0 Å². The fraction of sp³-hybridized carbons (Fsp3) is 0.348. The van der Waals surface area contributed by atoms with E-state index in [1.807, 2.05) is 26.0 Å². The van der Waals surface area contributed by atoms with Crippen molar-refractivity contribution in [1.29, 1.82) is 5.26 Å². The van der Waals surface area contributed by atoms with Crippen LogP contribution in [-0.2, 0) is 16.1 Å². The summed E-state index contributed by atoms with van der Waals surface area (Å²) in [5.74, 6) is -1.55. The molecule has 7 heteroatoms. The average molecular weight is 412 g/mol. The van der Waals surface area contributed by atoms with E-state index in [9.17, 15) is 19.2 Å². The molecule has 0 spiro atoms. The SMILES string of the molecule is COc1ccc(F)cc1C(=O)COC(=O)/C(C#N)=C/c1cc(C)n(CC(C)C)c1C. The molecule has 0 aliphatic carbocycles. The first-order valence-corrected chi connectivity index (χ1v) is 9.50. The van der Waals surface area contributed by atoms with Gasteiger partial charge < -0.3 is 14.0 Å². The summed E-state index contributed by atoms with van der Waals surface area (Å²) in [6, 6.07) is 7.21. The van der Waals surface area contributed by atoms with Crippen LogP contribution in [0.5, 0.6) is 5.75 Å². The van der Waals surface area contributed by atoms with Crippen LogP contribution in [0.2, 0.25) is 0 Å². The molecule has 0 unspecified atom stereocenters. The number of carbonyl (C=O) groups is 2. The second-order valence-corrected chi connectivity index (χ2v) is 7.34. The number of ether oxygens (including phenoxy) is 2. The van der Waals surface area contributed by atoms with E-state index in [2.05, 4.69) is 18.4 Å². The zero-order chi connectivity index (χ0) is 22.4. The molecule has 1 aromatic heterocycles. The number of aromatic nitrogens is 1. The normalized spacial score (nSPS) is 11.3. The minimum atomic E-state index is -0.921. The zero-order valence-corrected chi connectivity index (χ0v) is 17.8. The molecular weight excluding hydrogens is 387 g/mol. The lowest BCUT2D eigenvalue weighted by Gasteiger charge is -2.12. The Morgan fingerprint density at radius 3 is 2.57 bits per heavy atom. The summed E-state index contributed by atoms with van der Waals surface area (Å²) in [6.07, 6.45) is 1.45. The van der Waals surface area contributed by atoms with Crippen molar-refractivity contribution in [1.82, 2.24) is 4.57 Å². The number of ketones is 1. The predicted molar refractivity (Wildman–Crippen MR) is 111 cm³/mol. The highest BCUT2D eigenvalue weighted by Crippen LogP contribution is 2.21. The standard InChI is InChI=1S/C23H25FN2O4/c1-14(2)12-26-15(3)8-17(16(26)4)9-18(11-25)23(28)30-13-21(27)20-10-19(24)6-7-22(20)29-5/h6-10,14H,12-13H2,1-5H3/b18-9+. The lowest BCUT2D eigenvalue weighted by atomic mass is 10.1. The molecule has 0 saturated heterocycles. The maximum Gasteiger partial charge on any atom is 0.349 e. The second kappa shape index (κ2) is 9.88.